The number of hydrogen-bond donors (Lipinski definition) is 1. The zero-order valence-electron chi connectivity index (χ0n) is 10.2. The zero-order chi connectivity index (χ0) is 13.8. The molecule has 0 bridgehead atoms. The minimum atomic E-state index is -0.446. The Balaban J connectivity index is 2.08. The van der Waals surface area contributed by atoms with Crippen molar-refractivity contribution in [1.82, 2.24) is 0 Å². The van der Waals surface area contributed by atoms with Crippen molar-refractivity contribution >= 4 is 17.3 Å². The third-order valence-corrected chi connectivity index (χ3v) is 2.87. The van der Waals surface area contributed by atoms with Crippen LogP contribution in [0.2, 0.25) is 5.02 Å². The van der Waals surface area contributed by atoms with Crippen LogP contribution in [0, 0.1) is 11.6 Å². The van der Waals surface area contributed by atoms with Crippen molar-refractivity contribution in [3.05, 3.63) is 58.6 Å². The van der Waals surface area contributed by atoms with Crippen molar-refractivity contribution in [2.75, 3.05) is 12.4 Å². The first kappa shape index (κ1) is 13.6. The molecule has 19 heavy (non-hydrogen) atoms. The van der Waals surface area contributed by atoms with Crippen LogP contribution in [-0.4, -0.2) is 7.11 Å². The van der Waals surface area contributed by atoms with Gasteiger partial charge in [-0.2, -0.15) is 0 Å². The average Bonchev–Trinajstić information content (AvgIpc) is 2.38. The molecule has 0 aromatic heterocycles. The van der Waals surface area contributed by atoms with Crippen molar-refractivity contribution in [3.63, 3.8) is 0 Å². The first-order valence-corrected chi connectivity index (χ1v) is 5.99. The number of hydrogen-bond acceptors (Lipinski definition) is 2. The quantitative estimate of drug-likeness (QED) is 0.906. The maximum atomic E-state index is 13.5. The van der Waals surface area contributed by atoms with E-state index in [-0.39, 0.29) is 5.75 Å². The molecule has 1 N–H and O–H groups in total. The predicted octanol–water partition coefficient (Wildman–Crippen LogP) is 4.24. The van der Waals surface area contributed by atoms with E-state index in [1.807, 2.05) is 0 Å². The molecule has 0 radical (unpaired) electrons. The van der Waals surface area contributed by atoms with Crippen LogP contribution >= 0.6 is 11.6 Å². The molecule has 0 fully saturated rings. The lowest BCUT2D eigenvalue weighted by Crippen LogP contribution is -2.02. The summed E-state index contributed by atoms with van der Waals surface area (Å²) >= 11 is 5.66. The highest BCUT2D eigenvalue weighted by molar-refractivity contribution is 6.30. The molecule has 0 atom stereocenters. The highest BCUT2D eigenvalue weighted by Gasteiger charge is 2.05. The molecular formula is C14H12ClF2NO. The van der Waals surface area contributed by atoms with Gasteiger partial charge in [0.2, 0.25) is 0 Å². The van der Waals surface area contributed by atoms with Crippen molar-refractivity contribution < 1.29 is 13.5 Å². The van der Waals surface area contributed by atoms with E-state index in [2.05, 4.69) is 5.32 Å². The molecule has 0 aliphatic carbocycles. The SMILES string of the molecule is COc1ccc(CNc2ccc(Cl)cc2F)cc1F. The fourth-order valence-electron chi connectivity index (χ4n) is 1.65. The Morgan fingerprint density at radius 3 is 2.53 bits per heavy atom. The Morgan fingerprint density at radius 2 is 1.89 bits per heavy atom. The van der Waals surface area contributed by atoms with Gasteiger partial charge >= 0.3 is 0 Å². The van der Waals surface area contributed by atoms with E-state index < -0.39 is 11.6 Å². The van der Waals surface area contributed by atoms with E-state index in [9.17, 15) is 8.78 Å². The fourth-order valence-corrected chi connectivity index (χ4v) is 1.81. The van der Waals surface area contributed by atoms with Crippen LogP contribution in [0.3, 0.4) is 0 Å². The second kappa shape index (κ2) is 5.89. The number of methoxy groups -OCH3 is 1. The molecule has 0 aliphatic rings. The van der Waals surface area contributed by atoms with Gasteiger partial charge in [0.15, 0.2) is 11.6 Å². The number of benzene rings is 2. The fraction of sp³-hybridized carbons (Fsp3) is 0.143. The van der Waals surface area contributed by atoms with Gasteiger partial charge in [0.1, 0.15) is 5.82 Å². The van der Waals surface area contributed by atoms with E-state index in [0.29, 0.717) is 22.8 Å². The number of rotatable bonds is 4. The van der Waals surface area contributed by atoms with Crippen LogP contribution in [0.15, 0.2) is 36.4 Å². The maximum absolute atomic E-state index is 13.5. The van der Waals surface area contributed by atoms with E-state index in [4.69, 9.17) is 16.3 Å². The minimum absolute atomic E-state index is 0.182. The molecule has 0 spiro atoms. The lowest BCUT2D eigenvalue weighted by atomic mass is 10.2. The summed E-state index contributed by atoms with van der Waals surface area (Å²) in [5, 5.41) is 3.21. The molecule has 2 nitrogen and oxygen atoms in total. The maximum Gasteiger partial charge on any atom is 0.165 e. The summed E-state index contributed by atoms with van der Waals surface area (Å²) in [4.78, 5) is 0. The molecule has 2 aromatic carbocycles. The Bertz CT molecular complexity index is 590. The molecule has 0 unspecified atom stereocenters. The van der Waals surface area contributed by atoms with Gasteiger partial charge in [0, 0.05) is 11.6 Å². The summed E-state index contributed by atoms with van der Waals surface area (Å²) in [5.41, 5.74) is 1.01. The van der Waals surface area contributed by atoms with Crippen molar-refractivity contribution in [1.29, 1.82) is 0 Å². The standard InChI is InChI=1S/C14H12ClF2NO/c1-19-14-5-2-9(6-12(14)17)8-18-13-4-3-10(15)7-11(13)16/h2-7,18H,8H2,1H3. The number of halogens is 3. The molecule has 0 amide bonds. The Labute approximate surface area is 115 Å². The molecule has 2 aromatic rings. The molecular weight excluding hydrogens is 272 g/mol. The molecule has 0 saturated heterocycles. The zero-order valence-corrected chi connectivity index (χ0v) is 11.0. The van der Waals surface area contributed by atoms with Gasteiger partial charge in [-0.05, 0) is 35.9 Å². The largest absolute Gasteiger partial charge is 0.494 e. The van der Waals surface area contributed by atoms with Gasteiger partial charge in [-0.15, -0.1) is 0 Å². The van der Waals surface area contributed by atoms with Crippen LogP contribution in [0.5, 0.6) is 5.75 Å². The number of ether oxygens (including phenoxy) is 1. The second-order valence-electron chi connectivity index (χ2n) is 3.95. The highest BCUT2D eigenvalue weighted by atomic mass is 35.5. The first-order chi connectivity index (χ1) is 9.10. The summed E-state index contributed by atoms with van der Waals surface area (Å²) in [6, 6.07) is 8.94. The third-order valence-electron chi connectivity index (χ3n) is 2.63. The normalized spacial score (nSPS) is 10.3. The van der Waals surface area contributed by atoms with Gasteiger partial charge in [-0.25, -0.2) is 8.78 Å². The molecule has 100 valence electrons. The number of anilines is 1. The summed E-state index contributed by atoms with van der Waals surface area (Å²) in [7, 11) is 1.40. The minimum Gasteiger partial charge on any atom is -0.494 e. The second-order valence-corrected chi connectivity index (χ2v) is 4.38. The first-order valence-electron chi connectivity index (χ1n) is 5.61. The van der Waals surface area contributed by atoms with Crippen LogP contribution in [-0.2, 0) is 6.54 Å². The smallest absolute Gasteiger partial charge is 0.165 e. The van der Waals surface area contributed by atoms with Gasteiger partial charge in [-0.1, -0.05) is 17.7 Å². The van der Waals surface area contributed by atoms with Crippen LogP contribution in [0.25, 0.3) is 0 Å². The van der Waals surface area contributed by atoms with Crippen molar-refractivity contribution in [2.24, 2.45) is 0 Å². The van der Waals surface area contributed by atoms with E-state index in [0.717, 1.165) is 0 Å². The van der Waals surface area contributed by atoms with Crippen molar-refractivity contribution in [3.8, 4) is 5.75 Å². The topological polar surface area (TPSA) is 21.3 Å². The van der Waals surface area contributed by atoms with Gasteiger partial charge in [0.05, 0.1) is 12.8 Å². The highest BCUT2D eigenvalue weighted by Crippen LogP contribution is 2.21. The van der Waals surface area contributed by atoms with Crippen LogP contribution in [0.4, 0.5) is 14.5 Å². The monoisotopic (exact) mass is 283 g/mol. The summed E-state index contributed by atoms with van der Waals surface area (Å²) in [5.74, 6) is -0.707. The summed E-state index contributed by atoms with van der Waals surface area (Å²) in [6.45, 7) is 0.305. The Morgan fingerprint density at radius 1 is 1.11 bits per heavy atom. The van der Waals surface area contributed by atoms with Gasteiger partial charge < -0.3 is 10.1 Å². The van der Waals surface area contributed by atoms with Gasteiger partial charge in [0.25, 0.3) is 0 Å². The van der Waals surface area contributed by atoms with E-state index >= 15 is 0 Å². The molecule has 2 rings (SSSR count). The van der Waals surface area contributed by atoms with Crippen LogP contribution in [0.1, 0.15) is 5.56 Å². The Hall–Kier alpha value is -1.81. The Kier molecular flexibility index (Phi) is 4.22. The summed E-state index contributed by atoms with van der Waals surface area (Å²) < 4.78 is 31.8. The van der Waals surface area contributed by atoms with Gasteiger partial charge in [-0.3, -0.25) is 0 Å². The molecule has 0 heterocycles. The third kappa shape index (κ3) is 3.35. The lowest BCUT2D eigenvalue weighted by molar-refractivity contribution is 0.386. The van der Waals surface area contributed by atoms with E-state index in [1.165, 1.54) is 31.4 Å². The molecule has 0 saturated carbocycles. The predicted molar refractivity (Wildman–Crippen MR) is 71.7 cm³/mol. The number of nitrogens with one attached hydrogen (secondary N) is 1. The van der Waals surface area contributed by atoms with Crippen LogP contribution < -0.4 is 10.1 Å². The summed E-state index contributed by atoms with van der Waals surface area (Å²) in [6.07, 6.45) is 0. The lowest BCUT2D eigenvalue weighted by Gasteiger charge is -2.09. The molecule has 0 aliphatic heterocycles. The van der Waals surface area contributed by atoms with E-state index in [1.54, 1.807) is 12.1 Å². The average molecular weight is 284 g/mol. The molecule has 5 heteroatoms. The van der Waals surface area contributed by atoms with Crippen molar-refractivity contribution in [2.45, 2.75) is 6.54 Å².